The van der Waals surface area contributed by atoms with Crippen LogP contribution in [0.2, 0.25) is 10.0 Å². The van der Waals surface area contributed by atoms with Gasteiger partial charge in [0, 0.05) is 10.0 Å². The lowest BCUT2D eigenvalue weighted by Crippen LogP contribution is -1.85. The molecule has 0 aliphatic rings. The zero-order valence-electron chi connectivity index (χ0n) is 7.85. The topological polar surface area (TPSA) is 48.2 Å². The van der Waals surface area contributed by atoms with Gasteiger partial charge in [-0.3, -0.25) is 4.52 Å². The first-order chi connectivity index (χ1) is 7.67. The van der Waals surface area contributed by atoms with Crippen molar-refractivity contribution < 1.29 is 9.26 Å². The Labute approximate surface area is 107 Å². The van der Waals surface area contributed by atoms with Crippen molar-refractivity contribution in [1.82, 2.24) is 10.1 Å². The predicted molar refractivity (Wildman–Crippen MR) is 63.5 cm³/mol. The zero-order valence-corrected chi connectivity index (χ0v) is 10.3. The molecule has 1 aromatic carbocycles. The number of thiol groups is 1. The molecule has 16 heavy (non-hydrogen) atoms. The second-order valence-corrected chi connectivity index (χ2v) is 4.03. The Balaban J connectivity index is 2.19. The van der Waals surface area contributed by atoms with Gasteiger partial charge in [-0.15, -0.1) is 0 Å². The highest BCUT2D eigenvalue weighted by Gasteiger charge is 2.08. The first kappa shape index (κ1) is 11.6. The second kappa shape index (κ2) is 4.95. The number of ether oxygens (including phenoxy) is 1. The molecule has 0 spiro atoms. The Kier molecular flexibility index (Phi) is 3.58. The molecule has 1 aromatic heterocycles. The van der Waals surface area contributed by atoms with E-state index in [2.05, 4.69) is 22.8 Å². The maximum Gasteiger partial charge on any atom is 0.422 e. The molecule has 2 rings (SSSR count). The first-order valence-electron chi connectivity index (χ1n) is 4.25. The van der Waals surface area contributed by atoms with Crippen LogP contribution >= 0.6 is 35.8 Å². The number of nitrogens with zero attached hydrogens (tertiary/aromatic N) is 2. The van der Waals surface area contributed by atoms with Crippen molar-refractivity contribution in [3.05, 3.63) is 34.1 Å². The smallest absolute Gasteiger partial charge is 0.410 e. The monoisotopic (exact) mass is 276 g/mol. The number of hydrogen-bond acceptors (Lipinski definition) is 5. The van der Waals surface area contributed by atoms with Crippen LogP contribution in [0.25, 0.3) is 0 Å². The van der Waals surface area contributed by atoms with Crippen LogP contribution in [0.4, 0.5) is 0 Å². The summed E-state index contributed by atoms with van der Waals surface area (Å²) >= 11 is 15.6. The highest BCUT2D eigenvalue weighted by molar-refractivity contribution is 7.79. The van der Waals surface area contributed by atoms with Crippen molar-refractivity contribution in [1.29, 1.82) is 0 Å². The van der Waals surface area contributed by atoms with Gasteiger partial charge >= 0.3 is 6.08 Å². The number of hydrogen-bond donors (Lipinski definition) is 1. The Hall–Kier alpha value is -0.910. The third-order valence-corrected chi connectivity index (χ3v) is 2.35. The van der Waals surface area contributed by atoms with Crippen LogP contribution in [0.1, 0.15) is 5.82 Å². The molecule has 0 aliphatic carbocycles. The summed E-state index contributed by atoms with van der Waals surface area (Å²) in [6.07, 6.45) is 0.0300. The fourth-order valence-electron chi connectivity index (χ4n) is 1.03. The number of benzene rings is 1. The van der Waals surface area contributed by atoms with Crippen LogP contribution in [0.3, 0.4) is 0 Å². The quantitative estimate of drug-likeness (QED) is 0.871. The molecule has 0 N–H and O–H groups in total. The molecule has 1 heterocycles. The maximum absolute atomic E-state index is 5.81. The summed E-state index contributed by atoms with van der Waals surface area (Å²) in [7, 11) is 0. The highest BCUT2D eigenvalue weighted by Crippen LogP contribution is 2.27. The summed E-state index contributed by atoms with van der Waals surface area (Å²) in [6.45, 7) is 0. The Bertz CT molecular complexity index is 484. The lowest BCUT2D eigenvalue weighted by Gasteiger charge is -2.00. The number of halogens is 2. The Morgan fingerprint density at radius 3 is 2.50 bits per heavy atom. The normalized spacial score (nSPS) is 10.4. The van der Waals surface area contributed by atoms with Gasteiger partial charge < -0.3 is 4.74 Å². The average Bonchev–Trinajstić information content (AvgIpc) is 2.64. The van der Waals surface area contributed by atoms with Crippen molar-refractivity contribution in [3.63, 3.8) is 0 Å². The van der Waals surface area contributed by atoms with Crippen LogP contribution in [0, 0.1) is 0 Å². The first-order valence-corrected chi connectivity index (χ1v) is 5.63. The van der Waals surface area contributed by atoms with Crippen LogP contribution in [0.15, 0.2) is 22.7 Å². The number of aromatic nitrogens is 2. The van der Waals surface area contributed by atoms with E-state index in [-0.39, 0.29) is 6.08 Å². The number of rotatable bonds is 3. The molecule has 7 heteroatoms. The van der Waals surface area contributed by atoms with Crippen molar-refractivity contribution in [2.24, 2.45) is 0 Å². The molecule has 0 bridgehead atoms. The Morgan fingerprint density at radius 1 is 1.25 bits per heavy atom. The van der Waals surface area contributed by atoms with Gasteiger partial charge in [0.25, 0.3) is 0 Å². The summed E-state index contributed by atoms with van der Waals surface area (Å²) < 4.78 is 10.1. The van der Waals surface area contributed by atoms with E-state index in [4.69, 9.17) is 32.5 Å². The standard InChI is InChI=1S/C9H6Cl2N2O2S/c10-5-1-6(11)3-7(2-5)14-9-12-8(4-16)13-15-9/h1-3,16H,4H2. The van der Waals surface area contributed by atoms with Crippen LogP contribution in [-0.2, 0) is 5.75 Å². The summed E-state index contributed by atoms with van der Waals surface area (Å²) in [6, 6.07) is 4.79. The van der Waals surface area contributed by atoms with Gasteiger partial charge in [0.2, 0.25) is 0 Å². The van der Waals surface area contributed by atoms with Crippen LogP contribution in [0.5, 0.6) is 11.8 Å². The third-order valence-electron chi connectivity index (χ3n) is 1.63. The Morgan fingerprint density at radius 2 is 1.94 bits per heavy atom. The summed E-state index contributed by atoms with van der Waals surface area (Å²) in [4.78, 5) is 3.92. The van der Waals surface area contributed by atoms with Crippen molar-refractivity contribution in [2.45, 2.75) is 5.75 Å². The predicted octanol–water partition coefficient (Wildman–Crippen LogP) is 3.60. The third kappa shape index (κ3) is 2.81. The molecule has 0 atom stereocenters. The van der Waals surface area contributed by atoms with E-state index in [0.29, 0.717) is 27.4 Å². The van der Waals surface area contributed by atoms with Gasteiger partial charge in [0.1, 0.15) is 5.75 Å². The second-order valence-electron chi connectivity index (χ2n) is 2.84. The summed E-state index contributed by atoms with van der Waals surface area (Å²) in [5.74, 6) is 1.27. The minimum absolute atomic E-state index is 0.0300. The van der Waals surface area contributed by atoms with E-state index in [1.54, 1.807) is 18.2 Å². The molecular weight excluding hydrogens is 271 g/mol. The van der Waals surface area contributed by atoms with Crippen molar-refractivity contribution >= 4 is 35.8 Å². The molecule has 0 unspecified atom stereocenters. The molecule has 0 fully saturated rings. The fourth-order valence-corrected chi connectivity index (χ4v) is 1.67. The molecule has 2 aromatic rings. The molecule has 0 aliphatic heterocycles. The molecule has 0 saturated carbocycles. The SMILES string of the molecule is SCc1noc(Oc2cc(Cl)cc(Cl)c2)n1. The zero-order chi connectivity index (χ0) is 11.5. The van der Waals surface area contributed by atoms with Crippen LogP contribution in [-0.4, -0.2) is 10.1 Å². The van der Waals surface area contributed by atoms with E-state index in [9.17, 15) is 0 Å². The van der Waals surface area contributed by atoms with Gasteiger partial charge in [-0.05, 0) is 18.2 Å². The molecule has 0 radical (unpaired) electrons. The van der Waals surface area contributed by atoms with E-state index in [0.717, 1.165) is 0 Å². The van der Waals surface area contributed by atoms with Gasteiger partial charge in [-0.2, -0.15) is 17.6 Å². The molecule has 0 saturated heterocycles. The van der Waals surface area contributed by atoms with Gasteiger partial charge in [-0.1, -0.05) is 28.4 Å². The molecule has 0 amide bonds. The largest absolute Gasteiger partial charge is 0.422 e. The average molecular weight is 277 g/mol. The van der Waals surface area contributed by atoms with E-state index >= 15 is 0 Å². The van der Waals surface area contributed by atoms with Gasteiger partial charge in [0.15, 0.2) is 5.82 Å². The fraction of sp³-hybridized carbons (Fsp3) is 0.111. The molecule has 4 nitrogen and oxygen atoms in total. The lowest BCUT2D eigenvalue weighted by molar-refractivity contribution is 0.279. The van der Waals surface area contributed by atoms with E-state index in [1.807, 2.05) is 0 Å². The van der Waals surface area contributed by atoms with Gasteiger partial charge in [-0.25, -0.2) is 0 Å². The minimum atomic E-state index is 0.0300. The highest BCUT2D eigenvalue weighted by atomic mass is 35.5. The van der Waals surface area contributed by atoms with E-state index in [1.165, 1.54) is 0 Å². The minimum Gasteiger partial charge on any atom is -0.410 e. The van der Waals surface area contributed by atoms with Crippen molar-refractivity contribution in [3.8, 4) is 11.8 Å². The van der Waals surface area contributed by atoms with Crippen molar-refractivity contribution in [2.75, 3.05) is 0 Å². The van der Waals surface area contributed by atoms with Crippen LogP contribution < -0.4 is 4.74 Å². The lowest BCUT2D eigenvalue weighted by atomic mass is 10.3. The van der Waals surface area contributed by atoms with Gasteiger partial charge in [0.05, 0.1) is 5.75 Å². The maximum atomic E-state index is 5.81. The summed E-state index contributed by atoms with van der Waals surface area (Å²) in [5.41, 5.74) is 0. The summed E-state index contributed by atoms with van der Waals surface area (Å²) in [5, 5.41) is 4.56. The molecule has 84 valence electrons. The molecular formula is C9H6Cl2N2O2S. The van der Waals surface area contributed by atoms with E-state index < -0.39 is 0 Å².